The van der Waals surface area contributed by atoms with E-state index < -0.39 is 11.9 Å². The van der Waals surface area contributed by atoms with E-state index in [4.69, 9.17) is 16.3 Å². The Bertz CT molecular complexity index is 634. The predicted molar refractivity (Wildman–Crippen MR) is 74.8 cm³/mol. The molecule has 1 heterocycles. The molecular formula is C14H12ClFN2O2. The zero-order valence-electron chi connectivity index (χ0n) is 10.7. The Kier molecular flexibility index (Phi) is 4.53. The van der Waals surface area contributed by atoms with Crippen LogP contribution in [0.3, 0.4) is 0 Å². The van der Waals surface area contributed by atoms with Crippen LogP contribution in [-0.4, -0.2) is 17.5 Å². The highest BCUT2D eigenvalue weighted by Gasteiger charge is 2.10. The van der Waals surface area contributed by atoms with Crippen LogP contribution in [0.4, 0.5) is 10.1 Å². The van der Waals surface area contributed by atoms with Crippen LogP contribution in [0.2, 0.25) is 5.02 Å². The van der Waals surface area contributed by atoms with Crippen molar-refractivity contribution in [3.05, 3.63) is 53.1 Å². The number of hydrogen-bond donors (Lipinski definition) is 1. The van der Waals surface area contributed by atoms with Crippen molar-refractivity contribution in [1.29, 1.82) is 0 Å². The molecule has 2 rings (SSSR count). The van der Waals surface area contributed by atoms with Gasteiger partial charge in [-0.1, -0.05) is 17.7 Å². The third-order valence-electron chi connectivity index (χ3n) is 2.44. The molecule has 1 aromatic carbocycles. The summed E-state index contributed by atoms with van der Waals surface area (Å²) < 4.78 is 18.2. The number of anilines is 1. The molecule has 1 N–H and O–H groups in total. The Morgan fingerprint density at radius 1 is 1.40 bits per heavy atom. The summed E-state index contributed by atoms with van der Waals surface area (Å²) in [6, 6.07) is 8.87. The topological polar surface area (TPSA) is 51.2 Å². The lowest BCUT2D eigenvalue weighted by molar-refractivity contribution is 0.102. The van der Waals surface area contributed by atoms with E-state index in [1.807, 2.05) is 6.92 Å². The molecule has 6 heteroatoms. The number of pyridine rings is 1. The Labute approximate surface area is 120 Å². The molecule has 2 aromatic rings. The van der Waals surface area contributed by atoms with Crippen LogP contribution in [0.5, 0.6) is 5.75 Å². The number of carbonyl (C=O) groups excluding carboxylic acids is 1. The van der Waals surface area contributed by atoms with Gasteiger partial charge < -0.3 is 10.1 Å². The zero-order valence-corrected chi connectivity index (χ0v) is 11.4. The van der Waals surface area contributed by atoms with Gasteiger partial charge in [0.2, 0.25) is 5.95 Å². The highest BCUT2D eigenvalue weighted by Crippen LogP contribution is 2.27. The first-order chi connectivity index (χ1) is 9.60. The van der Waals surface area contributed by atoms with Crippen molar-refractivity contribution >= 4 is 23.2 Å². The third kappa shape index (κ3) is 3.45. The summed E-state index contributed by atoms with van der Waals surface area (Å²) in [6.45, 7) is 2.35. The number of nitrogens with zero attached hydrogens (tertiary/aromatic N) is 1. The standard InChI is InChI=1S/C14H12ClFN2O2/c1-2-20-12-7-6-9(8-10(12)15)17-14(19)11-4-3-5-13(16)18-11/h3-8H,2H2,1H3,(H,17,19). The molecule has 0 saturated carbocycles. The lowest BCUT2D eigenvalue weighted by atomic mass is 10.2. The van der Waals surface area contributed by atoms with Crippen LogP contribution in [-0.2, 0) is 0 Å². The first-order valence-corrected chi connectivity index (χ1v) is 6.34. The quantitative estimate of drug-likeness (QED) is 0.878. The summed E-state index contributed by atoms with van der Waals surface area (Å²) in [4.78, 5) is 15.4. The summed E-state index contributed by atoms with van der Waals surface area (Å²) in [6.07, 6.45) is 0. The van der Waals surface area contributed by atoms with E-state index in [1.54, 1.807) is 18.2 Å². The predicted octanol–water partition coefficient (Wildman–Crippen LogP) is 3.53. The van der Waals surface area contributed by atoms with Crippen LogP contribution in [0.15, 0.2) is 36.4 Å². The van der Waals surface area contributed by atoms with Crippen molar-refractivity contribution in [2.45, 2.75) is 6.92 Å². The van der Waals surface area contributed by atoms with Gasteiger partial charge in [-0.2, -0.15) is 4.39 Å². The van der Waals surface area contributed by atoms with Crippen LogP contribution < -0.4 is 10.1 Å². The highest BCUT2D eigenvalue weighted by molar-refractivity contribution is 6.32. The number of amides is 1. The lowest BCUT2D eigenvalue weighted by Crippen LogP contribution is -2.14. The average molecular weight is 295 g/mol. The number of benzene rings is 1. The second-order valence-electron chi connectivity index (χ2n) is 3.88. The van der Waals surface area contributed by atoms with E-state index in [0.29, 0.717) is 23.1 Å². The molecule has 4 nitrogen and oxygen atoms in total. The van der Waals surface area contributed by atoms with Crippen LogP contribution in [0, 0.1) is 5.95 Å². The summed E-state index contributed by atoms with van der Waals surface area (Å²) >= 11 is 6.01. The van der Waals surface area contributed by atoms with Gasteiger partial charge in [0.15, 0.2) is 0 Å². The molecule has 0 atom stereocenters. The minimum atomic E-state index is -0.706. The highest BCUT2D eigenvalue weighted by atomic mass is 35.5. The van der Waals surface area contributed by atoms with E-state index in [1.165, 1.54) is 18.2 Å². The first kappa shape index (κ1) is 14.3. The molecule has 0 spiro atoms. The fourth-order valence-corrected chi connectivity index (χ4v) is 1.82. The van der Waals surface area contributed by atoms with E-state index in [9.17, 15) is 9.18 Å². The van der Waals surface area contributed by atoms with Gasteiger partial charge in [0, 0.05) is 5.69 Å². The fourth-order valence-electron chi connectivity index (χ4n) is 1.58. The second kappa shape index (κ2) is 6.34. The molecule has 1 amide bonds. The van der Waals surface area contributed by atoms with Crippen LogP contribution >= 0.6 is 11.6 Å². The molecule has 0 aliphatic rings. The van der Waals surface area contributed by atoms with Gasteiger partial charge in [-0.15, -0.1) is 0 Å². The van der Waals surface area contributed by atoms with Crippen molar-refractivity contribution in [1.82, 2.24) is 4.98 Å². The number of hydrogen-bond acceptors (Lipinski definition) is 3. The first-order valence-electron chi connectivity index (χ1n) is 5.96. The van der Waals surface area contributed by atoms with E-state index in [0.717, 1.165) is 0 Å². The Morgan fingerprint density at radius 2 is 2.20 bits per heavy atom. The molecule has 20 heavy (non-hydrogen) atoms. The van der Waals surface area contributed by atoms with Gasteiger partial charge in [-0.25, -0.2) is 4.98 Å². The molecule has 0 fully saturated rings. The maximum Gasteiger partial charge on any atom is 0.274 e. The largest absolute Gasteiger partial charge is 0.492 e. The minimum absolute atomic E-state index is 0.00462. The average Bonchev–Trinajstić information content (AvgIpc) is 2.42. The van der Waals surface area contributed by atoms with Crippen LogP contribution in [0.25, 0.3) is 0 Å². The van der Waals surface area contributed by atoms with Gasteiger partial charge >= 0.3 is 0 Å². The third-order valence-corrected chi connectivity index (χ3v) is 2.73. The Balaban J connectivity index is 2.14. The van der Waals surface area contributed by atoms with E-state index in [2.05, 4.69) is 10.3 Å². The molecule has 0 unspecified atom stereocenters. The number of carbonyl (C=O) groups is 1. The maximum atomic E-state index is 12.9. The summed E-state index contributed by atoms with van der Waals surface area (Å²) in [5.74, 6) is -0.678. The molecule has 1 aromatic heterocycles. The second-order valence-corrected chi connectivity index (χ2v) is 4.29. The monoisotopic (exact) mass is 294 g/mol. The van der Waals surface area contributed by atoms with Crippen molar-refractivity contribution in [2.24, 2.45) is 0 Å². The molecule has 104 valence electrons. The van der Waals surface area contributed by atoms with E-state index >= 15 is 0 Å². The summed E-state index contributed by atoms with van der Waals surface area (Å²) in [5.41, 5.74) is 0.476. The van der Waals surface area contributed by atoms with Gasteiger partial charge in [0.05, 0.1) is 11.6 Å². The van der Waals surface area contributed by atoms with Crippen molar-refractivity contribution in [2.75, 3.05) is 11.9 Å². The van der Waals surface area contributed by atoms with Crippen molar-refractivity contribution in [3.63, 3.8) is 0 Å². The molecular weight excluding hydrogens is 283 g/mol. The number of nitrogens with one attached hydrogen (secondary N) is 1. The smallest absolute Gasteiger partial charge is 0.274 e. The van der Waals surface area contributed by atoms with Gasteiger partial charge in [0.25, 0.3) is 5.91 Å². The molecule has 0 aliphatic heterocycles. The fraction of sp³-hybridized carbons (Fsp3) is 0.143. The Hall–Kier alpha value is -2.14. The molecule has 0 bridgehead atoms. The van der Waals surface area contributed by atoms with Crippen LogP contribution in [0.1, 0.15) is 17.4 Å². The van der Waals surface area contributed by atoms with Gasteiger partial charge in [-0.3, -0.25) is 4.79 Å². The summed E-state index contributed by atoms with van der Waals surface area (Å²) in [5, 5.41) is 2.97. The Morgan fingerprint density at radius 3 is 2.85 bits per heavy atom. The van der Waals surface area contributed by atoms with Gasteiger partial charge in [0.1, 0.15) is 11.4 Å². The molecule has 0 radical (unpaired) electrons. The maximum absolute atomic E-state index is 12.9. The number of halogens is 2. The summed E-state index contributed by atoms with van der Waals surface area (Å²) in [7, 11) is 0. The zero-order chi connectivity index (χ0) is 14.5. The number of ether oxygens (including phenoxy) is 1. The van der Waals surface area contributed by atoms with Crippen molar-refractivity contribution < 1.29 is 13.9 Å². The number of rotatable bonds is 4. The van der Waals surface area contributed by atoms with Gasteiger partial charge in [-0.05, 0) is 37.3 Å². The van der Waals surface area contributed by atoms with E-state index in [-0.39, 0.29) is 5.69 Å². The van der Waals surface area contributed by atoms with Crippen molar-refractivity contribution in [3.8, 4) is 5.75 Å². The molecule has 0 saturated heterocycles. The molecule has 0 aliphatic carbocycles. The SMILES string of the molecule is CCOc1ccc(NC(=O)c2cccc(F)n2)cc1Cl. The lowest BCUT2D eigenvalue weighted by Gasteiger charge is -2.09. The number of aromatic nitrogens is 1. The minimum Gasteiger partial charge on any atom is -0.492 e. The normalized spacial score (nSPS) is 10.2.